The number of piperazine rings is 1. The Morgan fingerprint density at radius 2 is 2.38 bits per heavy atom. The van der Waals surface area contributed by atoms with Gasteiger partial charge in [0.25, 0.3) is 0 Å². The number of nitrogens with one attached hydrogen (secondary N) is 3. The summed E-state index contributed by atoms with van der Waals surface area (Å²) in [5, 5.41) is 9.39. The Kier molecular flexibility index (Phi) is 4.78. The van der Waals surface area contributed by atoms with E-state index in [2.05, 4.69) is 22.9 Å². The fraction of sp³-hybridized carbons (Fsp3) is 0.889. The molecule has 0 spiro atoms. The lowest BCUT2D eigenvalue weighted by molar-refractivity contribution is -0.122. The summed E-state index contributed by atoms with van der Waals surface area (Å²) in [4.78, 5) is 11.3. The summed E-state index contributed by atoms with van der Waals surface area (Å²) in [6, 6.07) is 0. The van der Waals surface area contributed by atoms with Gasteiger partial charge in [-0.2, -0.15) is 0 Å². The summed E-state index contributed by atoms with van der Waals surface area (Å²) in [7, 11) is 0. The molecule has 1 aliphatic rings. The molecule has 3 N–H and O–H groups in total. The third-order valence-electron chi connectivity index (χ3n) is 2.13. The van der Waals surface area contributed by atoms with Crippen molar-refractivity contribution in [3.8, 4) is 0 Å². The summed E-state index contributed by atoms with van der Waals surface area (Å²) >= 11 is 0. The Bertz CT molecular complexity index is 155. The van der Waals surface area contributed by atoms with Crippen molar-refractivity contribution in [3.63, 3.8) is 0 Å². The Hall–Kier alpha value is -0.610. The van der Waals surface area contributed by atoms with Crippen LogP contribution in [0.2, 0.25) is 0 Å². The van der Waals surface area contributed by atoms with Crippen LogP contribution in [0, 0.1) is 0 Å². The average molecular weight is 185 g/mol. The van der Waals surface area contributed by atoms with Crippen LogP contribution in [-0.2, 0) is 4.79 Å². The first-order valence-corrected chi connectivity index (χ1v) is 5.06. The van der Waals surface area contributed by atoms with Crippen LogP contribution in [-0.4, -0.2) is 31.7 Å². The zero-order valence-electron chi connectivity index (χ0n) is 8.23. The second-order valence-electron chi connectivity index (χ2n) is 3.38. The van der Waals surface area contributed by atoms with Gasteiger partial charge in [0.05, 0.1) is 6.17 Å². The minimum atomic E-state index is 0.123. The van der Waals surface area contributed by atoms with E-state index in [-0.39, 0.29) is 12.1 Å². The molecule has 1 fully saturated rings. The number of hydrogen-bond donors (Lipinski definition) is 3. The van der Waals surface area contributed by atoms with Gasteiger partial charge in [-0.05, 0) is 6.42 Å². The van der Waals surface area contributed by atoms with Crippen molar-refractivity contribution in [1.82, 2.24) is 16.0 Å². The van der Waals surface area contributed by atoms with Gasteiger partial charge in [0.15, 0.2) is 0 Å². The van der Waals surface area contributed by atoms with Crippen LogP contribution in [0.15, 0.2) is 0 Å². The highest BCUT2D eigenvalue weighted by Crippen LogP contribution is 1.94. The SMILES string of the molecule is CCCCC(=O)NC1CNCCN1. The van der Waals surface area contributed by atoms with Crippen LogP contribution in [0.3, 0.4) is 0 Å². The lowest BCUT2D eigenvalue weighted by Gasteiger charge is -2.25. The third-order valence-corrected chi connectivity index (χ3v) is 2.13. The zero-order chi connectivity index (χ0) is 9.52. The molecule has 4 heteroatoms. The van der Waals surface area contributed by atoms with E-state index in [0.717, 1.165) is 32.5 Å². The molecular weight excluding hydrogens is 166 g/mol. The molecule has 0 radical (unpaired) electrons. The molecule has 1 atom stereocenters. The Balaban J connectivity index is 2.11. The number of carbonyl (C=O) groups excluding carboxylic acids is 1. The lowest BCUT2D eigenvalue weighted by Crippen LogP contribution is -2.56. The maximum atomic E-state index is 11.3. The van der Waals surface area contributed by atoms with E-state index in [0.29, 0.717) is 6.42 Å². The van der Waals surface area contributed by atoms with Crippen molar-refractivity contribution in [3.05, 3.63) is 0 Å². The molecule has 0 aromatic carbocycles. The summed E-state index contributed by atoms with van der Waals surface area (Å²) in [6.07, 6.45) is 2.82. The molecule has 76 valence electrons. The minimum Gasteiger partial charge on any atom is -0.339 e. The molecule has 0 aliphatic carbocycles. The molecule has 1 saturated heterocycles. The first-order valence-electron chi connectivity index (χ1n) is 5.06. The van der Waals surface area contributed by atoms with E-state index >= 15 is 0 Å². The van der Waals surface area contributed by atoms with Gasteiger partial charge in [-0.15, -0.1) is 0 Å². The smallest absolute Gasteiger partial charge is 0.221 e. The van der Waals surface area contributed by atoms with Crippen LogP contribution in [0.25, 0.3) is 0 Å². The van der Waals surface area contributed by atoms with E-state index in [1.165, 1.54) is 0 Å². The molecule has 1 unspecified atom stereocenters. The van der Waals surface area contributed by atoms with Gasteiger partial charge in [0.1, 0.15) is 0 Å². The van der Waals surface area contributed by atoms with Crippen molar-refractivity contribution in [2.24, 2.45) is 0 Å². The standard InChI is InChI=1S/C9H19N3O/c1-2-3-4-9(13)12-8-7-10-5-6-11-8/h8,10-11H,2-7H2,1H3,(H,12,13). The Labute approximate surface area is 79.5 Å². The van der Waals surface area contributed by atoms with Crippen LogP contribution >= 0.6 is 0 Å². The predicted molar refractivity (Wildman–Crippen MR) is 52.3 cm³/mol. The highest BCUT2D eigenvalue weighted by molar-refractivity contribution is 5.76. The van der Waals surface area contributed by atoms with E-state index in [9.17, 15) is 4.79 Å². The van der Waals surface area contributed by atoms with E-state index in [1.807, 2.05) is 0 Å². The predicted octanol–water partition coefficient (Wildman–Crippen LogP) is -0.188. The van der Waals surface area contributed by atoms with Crippen LogP contribution < -0.4 is 16.0 Å². The second kappa shape index (κ2) is 5.94. The summed E-state index contributed by atoms with van der Waals surface area (Å²) in [5.41, 5.74) is 0. The van der Waals surface area contributed by atoms with Gasteiger partial charge >= 0.3 is 0 Å². The highest BCUT2D eigenvalue weighted by atomic mass is 16.1. The second-order valence-corrected chi connectivity index (χ2v) is 3.38. The van der Waals surface area contributed by atoms with Crippen molar-refractivity contribution < 1.29 is 4.79 Å². The molecule has 1 heterocycles. The van der Waals surface area contributed by atoms with Gasteiger partial charge in [0.2, 0.25) is 5.91 Å². The normalized spacial score (nSPS) is 22.7. The van der Waals surface area contributed by atoms with Crippen molar-refractivity contribution in [2.75, 3.05) is 19.6 Å². The Morgan fingerprint density at radius 1 is 1.54 bits per heavy atom. The van der Waals surface area contributed by atoms with Gasteiger partial charge in [-0.3, -0.25) is 10.1 Å². The van der Waals surface area contributed by atoms with Crippen LogP contribution in [0.5, 0.6) is 0 Å². The third kappa shape index (κ3) is 4.24. The van der Waals surface area contributed by atoms with Gasteiger partial charge < -0.3 is 10.6 Å². The van der Waals surface area contributed by atoms with Crippen LogP contribution in [0.4, 0.5) is 0 Å². The lowest BCUT2D eigenvalue weighted by atomic mass is 10.2. The molecule has 0 aromatic rings. The summed E-state index contributed by atoms with van der Waals surface area (Å²) in [5.74, 6) is 0.156. The largest absolute Gasteiger partial charge is 0.339 e. The minimum absolute atomic E-state index is 0.123. The first-order chi connectivity index (χ1) is 6.33. The molecule has 4 nitrogen and oxygen atoms in total. The maximum Gasteiger partial charge on any atom is 0.221 e. The maximum absolute atomic E-state index is 11.3. The van der Waals surface area contributed by atoms with Crippen molar-refractivity contribution in [1.29, 1.82) is 0 Å². The molecule has 13 heavy (non-hydrogen) atoms. The molecule has 0 bridgehead atoms. The molecule has 1 amide bonds. The molecule has 1 rings (SSSR count). The van der Waals surface area contributed by atoms with Crippen LogP contribution in [0.1, 0.15) is 26.2 Å². The summed E-state index contributed by atoms with van der Waals surface area (Å²) in [6.45, 7) is 4.84. The van der Waals surface area contributed by atoms with E-state index < -0.39 is 0 Å². The Morgan fingerprint density at radius 3 is 3.00 bits per heavy atom. The van der Waals surface area contributed by atoms with Crippen molar-refractivity contribution >= 4 is 5.91 Å². The van der Waals surface area contributed by atoms with Crippen molar-refractivity contribution in [2.45, 2.75) is 32.4 Å². The number of rotatable bonds is 4. The monoisotopic (exact) mass is 185 g/mol. The fourth-order valence-corrected chi connectivity index (χ4v) is 1.36. The summed E-state index contributed by atoms with van der Waals surface area (Å²) < 4.78 is 0. The number of hydrogen-bond acceptors (Lipinski definition) is 3. The van der Waals surface area contributed by atoms with Gasteiger partial charge in [-0.25, -0.2) is 0 Å². The average Bonchev–Trinajstić information content (AvgIpc) is 2.16. The van der Waals surface area contributed by atoms with Gasteiger partial charge in [0, 0.05) is 26.1 Å². The molecule has 0 saturated carbocycles. The topological polar surface area (TPSA) is 53.2 Å². The zero-order valence-corrected chi connectivity index (χ0v) is 8.23. The first kappa shape index (κ1) is 10.5. The van der Waals surface area contributed by atoms with Gasteiger partial charge in [-0.1, -0.05) is 13.3 Å². The fourth-order valence-electron chi connectivity index (χ4n) is 1.36. The molecule has 1 aliphatic heterocycles. The number of unbranched alkanes of at least 4 members (excludes halogenated alkanes) is 1. The highest BCUT2D eigenvalue weighted by Gasteiger charge is 2.13. The number of amides is 1. The van der Waals surface area contributed by atoms with E-state index in [4.69, 9.17) is 0 Å². The number of carbonyl (C=O) groups is 1. The molecular formula is C9H19N3O. The van der Waals surface area contributed by atoms with E-state index in [1.54, 1.807) is 0 Å². The quantitative estimate of drug-likeness (QED) is 0.569. The molecule has 0 aromatic heterocycles.